The van der Waals surface area contributed by atoms with Gasteiger partial charge in [0.05, 0.1) is 30.5 Å². The molecule has 50 heavy (non-hydrogen) atoms. The average Bonchev–Trinajstić information content (AvgIpc) is 3.50. The lowest BCUT2D eigenvalue weighted by atomic mass is 9.80. The van der Waals surface area contributed by atoms with Gasteiger partial charge in [0.15, 0.2) is 5.78 Å². The van der Waals surface area contributed by atoms with Gasteiger partial charge >= 0.3 is 5.97 Å². The number of nitrogens with zero attached hydrogens (tertiary/aromatic N) is 1. The van der Waals surface area contributed by atoms with Crippen LogP contribution in [0.25, 0.3) is 6.08 Å². The Morgan fingerprint density at radius 3 is 2.24 bits per heavy atom. The van der Waals surface area contributed by atoms with Crippen molar-refractivity contribution in [2.45, 2.75) is 173 Å². The van der Waals surface area contributed by atoms with E-state index in [4.69, 9.17) is 32.8 Å². The Hall–Kier alpha value is -2.37. The van der Waals surface area contributed by atoms with Crippen LogP contribution in [0.2, 0.25) is 16.6 Å². The van der Waals surface area contributed by atoms with E-state index in [-0.39, 0.29) is 54.2 Å². The molecule has 4 aliphatic heterocycles. The summed E-state index contributed by atoms with van der Waals surface area (Å²) in [7, 11) is -2.16. The van der Waals surface area contributed by atoms with Gasteiger partial charge < -0.3 is 27.8 Å². The first-order valence-corrected chi connectivity index (χ1v) is 21.1. The molecule has 9 nitrogen and oxygen atoms in total. The van der Waals surface area contributed by atoms with Crippen LogP contribution in [0.4, 0.5) is 0 Å². The van der Waals surface area contributed by atoms with Crippen molar-refractivity contribution in [1.29, 1.82) is 0 Å². The number of Topliss-reactive ketones (excluding diaryl/α,β-unsaturated/α-hetero) is 1. The van der Waals surface area contributed by atoms with Gasteiger partial charge in [0, 0.05) is 30.8 Å². The van der Waals surface area contributed by atoms with Crippen molar-refractivity contribution >= 4 is 26.1 Å². The molecule has 4 aliphatic rings. The number of aromatic nitrogens is 1. The fourth-order valence-corrected chi connectivity index (χ4v) is 14.9. The van der Waals surface area contributed by atoms with Gasteiger partial charge in [0.2, 0.25) is 14.2 Å². The predicted octanol–water partition coefficient (Wildman–Crippen LogP) is 8.85. The van der Waals surface area contributed by atoms with Gasteiger partial charge in [-0.1, -0.05) is 79.7 Å². The molecular formula is C40H61NO8Si. The van der Waals surface area contributed by atoms with Crippen LogP contribution >= 0.6 is 0 Å². The number of ketones is 1. The van der Waals surface area contributed by atoms with Gasteiger partial charge in [0.1, 0.15) is 30.3 Å². The van der Waals surface area contributed by atoms with Crippen LogP contribution in [0.5, 0.6) is 0 Å². The van der Waals surface area contributed by atoms with Crippen molar-refractivity contribution in [3.05, 3.63) is 48.2 Å². The largest absolute Gasteiger partial charge is 0.458 e. The van der Waals surface area contributed by atoms with Crippen LogP contribution in [0, 0.1) is 11.8 Å². The van der Waals surface area contributed by atoms with Crippen molar-refractivity contribution < 1.29 is 37.4 Å². The number of hydrogen-bond donors (Lipinski definition) is 0. The summed E-state index contributed by atoms with van der Waals surface area (Å²) in [6.07, 6.45) is 11.7. The zero-order valence-corrected chi connectivity index (χ0v) is 32.8. The molecule has 0 N–H and O–H groups in total. The highest BCUT2D eigenvalue weighted by atomic mass is 28.4. The number of carbonyl (C=O) groups excluding carboxylic acids is 2. The second-order valence-corrected chi connectivity index (χ2v) is 21.7. The third-order valence-electron chi connectivity index (χ3n) is 11.6. The third-order valence-corrected chi connectivity index (χ3v) is 17.8. The highest BCUT2D eigenvalue weighted by Crippen LogP contribution is 2.46. The number of ether oxygens (including phenoxy) is 4. The monoisotopic (exact) mass is 711 g/mol. The van der Waals surface area contributed by atoms with E-state index in [2.05, 4.69) is 48.1 Å². The van der Waals surface area contributed by atoms with E-state index >= 15 is 0 Å². The number of esters is 1. The first-order chi connectivity index (χ1) is 23.7. The molecule has 278 valence electrons. The summed E-state index contributed by atoms with van der Waals surface area (Å²) >= 11 is 0. The number of fused-ring (bicyclic) bond motifs is 9. The van der Waals surface area contributed by atoms with Gasteiger partial charge in [-0.3, -0.25) is 4.79 Å². The zero-order valence-electron chi connectivity index (χ0n) is 31.8. The molecule has 0 saturated carbocycles. The van der Waals surface area contributed by atoms with Gasteiger partial charge in [-0.05, 0) is 61.7 Å². The summed E-state index contributed by atoms with van der Waals surface area (Å²) in [5.41, 5.74) is 3.32. The standard InChI is InChI=1S/C40H61NO8Si/c1-23(2)50(24(3)4,25(5)6)49-33-20-32-19-31-18-26(7)17-30(45-31)13-11-16-38(43)48-39-27(8)35(47-40(28(39)9)29(10)42)14-12-15-37-41-34(22-44-37)36(21-33)46-32/h11-12,15-16,22-25,27-28,30-33,35-36,39-40H,7,13-14,17-21H2,1-6,8-10H3/b15-12+,16-11-/t27-,28-,30+,31-,32-,33-,35-,36-,39+,40-/m1/s1. The Bertz CT molecular complexity index is 1380. The lowest BCUT2D eigenvalue weighted by Gasteiger charge is -2.47. The molecule has 0 radical (unpaired) electrons. The number of hydrogen-bond acceptors (Lipinski definition) is 9. The van der Waals surface area contributed by atoms with Crippen molar-refractivity contribution in [3.63, 3.8) is 0 Å². The summed E-state index contributed by atoms with van der Waals surface area (Å²) in [5, 5.41) is 0. The molecule has 5 rings (SSSR count). The van der Waals surface area contributed by atoms with E-state index in [0.29, 0.717) is 41.8 Å². The first kappa shape index (κ1) is 38.8. The third kappa shape index (κ3) is 8.80. The second kappa shape index (κ2) is 16.5. The lowest BCUT2D eigenvalue weighted by Crippen LogP contribution is -2.52. The molecule has 0 aliphatic carbocycles. The molecule has 3 saturated heterocycles. The van der Waals surface area contributed by atoms with Crippen LogP contribution in [-0.2, 0) is 33.0 Å². The van der Waals surface area contributed by atoms with E-state index in [0.717, 1.165) is 37.0 Å². The molecule has 0 unspecified atom stereocenters. The minimum absolute atomic E-state index is 0.0287. The lowest BCUT2D eigenvalue weighted by molar-refractivity contribution is -0.189. The molecule has 5 heterocycles. The van der Waals surface area contributed by atoms with E-state index < -0.39 is 26.5 Å². The number of rotatable bonds is 6. The van der Waals surface area contributed by atoms with E-state index in [1.54, 1.807) is 6.26 Å². The SMILES string of the molecule is C=C1C[C@@H]2C[C@@H]3C[C@@H](O[Si](C(C)C)(C(C)C)C(C)C)C[C@@H](O3)c3coc(n3)/C=C/C[C@H]3O[C@@H](C(C)=O)[C@H](C)[C@@H](OC(=O)/C=C\C[C@@H](C1)O2)[C@@H]3C. The first-order valence-electron chi connectivity index (χ1n) is 19.0. The van der Waals surface area contributed by atoms with E-state index in [1.165, 1.54) is 13.0 Å². The minimum Gasteiger partial charge on any atom is -0.458 e. The van der Waals surface area contributed by atoms with Crippen LogP contribution in [0.3, 0.4) is 0 Å². The van der Waals surface area contributed by atoms with E-state index in [1.807, 2.05) is 32.1 Å². The molecule has 8 bridgehead atoms. The molecule has 1 aromatic heterocycles. The van der Waals surface area contributed by atoms with Crippen molar-refractivity contribution in [3.8, 4) is 0 Å². The topological polar surface area (TPSA) is 106 Å². The van der Waals surface area contributed by atoms with Gasteiger partial charge in [-0.2, -0.15) is 0 Å². The Balaban J connectivity index is 1.45. The van der Waals surface area contributed by atoms with Crippen LogP contribution < -0.4 is 0 Å². The quantitative estimate of drug-likeness (QED) is 0.163. The highest BCUT2D eigenvalue weighted by molar-refractivity contribution is 6.77. The molecule has 0 spiro atoms. The summed E-state index contributed by atoms with van der Waals surface area (Å²) in [4.78, 5) is 30.5. The maximum Gasteiger partial charge on any atom is 0.330 e. The van der Waals surface area contributed by atoms with E-state index in [9.17, 15) is 9.59 Å². The zero-order chi connectivity index (χ0) is 36.3. The minimum atomic E-state index is -2.16. The summed E-state index contributed by atoms with van der Waals surface area (Å²) in [6.45, 7) is 23.8. The number of carbonyl (C=O) groups is 2. The van der Waals surface area contributed by atoms with Crippen molar-refractivity contribution in [2.24, 2.45) is 11.8 Å². The van der Waals surface area contributed by atoms with Crippen molar-refractivity contribution in [1.82, 2.24) is 4.98 Å². The smallest absolute Gasteiger partial charge is 0.330 e. The Labute approximate surface area is 300 Å². The maximum atomic E-state index is 13.1. The normalized spacial score (nSPS) is 35.8. The Kier molecular flexibility index (Phi) is 12.8. The fourth-order valence-electron chi connectivity index (χ4n) is 9.34. The number of oxazole rings is 1. The molecular weight excluding hydrogens is 651 g/mol. The van der Waals surface area contributed by atoms with Crippen LogP contribution in [-0.4, -0.2) is 67.8 Å². The highest BCUT2D eigenvalue weighted by Gasteiger charge is 2.49. The Morgan fingerprint density at radius 1 is 0.880 bits per heavy atom. The van der Waals surface area contributed by atoms with Crippen molar-refractivity contribution in [2.75, 3.05) is 0 Å². The van der Waals surface area contributed by atoms with Crippen LogP contribution in [0.15, 0.2) is 41.1 Å². The second-order valence-electron chi connectivity index (χ2n) is 16.3. The molecule has 0 aromatic carbocycles. The molecule has 10 heteroatoms. The van der Waals surface area contributed by atoms with Crippen LogP contribution in [0.1, 0.15) is 125 Å². The molecule has 10 atom stereocenters. The summed E-state index contributed by atoms with van der Waals surface area (Å²) < 4.78 is 39.1. The molecule has 0 amide bonds. The maximum absolute atomic E-state index is 13.1. The average molecular weight is 712 g/mol. The van der Waals surface area contributed by atoms with Gasteiger partial charge in [-0.15, -0.1) is 0 Å². The Morgan fingerprint density at radius 2 is 1.56 bits per heavy atom. The fraction of sp³-hybridized carbons (Fsp3) is 0.725. The molecule has 3 fully saturated rings. The predicted molar refractivity (Wildman–Crippen MR) is 196 cm³/mol. The van der Waals surface area contributed by atoms with Gasteiger partial charge in [0.25, 0.3) is 0 Å². The summed E-state index contributed by atoms with van der Waals surface area (Å²) in [5.74, 6) is -0.431. The summed E-state index contributed by atoms with van der Waals surface area (Å²) in [6, 6.07) is 0. The molecule has 1 aromatic rings. The van der Waals surface area contributed by atoms with Gasteiger partial charge in [-0.25, -0.2) is 9.78 Å².